The van der Waals surface area contributed by atoms with E-state index in [4.69, 9.17) is 0 Å². The molecule has 0 aromatic carbocycles. The maximum Gasteiger partial charge on any atom is 0.226 e. The Bertz CT molecular complexity index is 616. The standard InChI is InChI=1S/C17H23N3OS2/c1-2-6-20-7-3-14(4-8-20)18-16(21)10-15-12-23-17(19-15)13-5-9-22-11-13/h5,9,11-12,14H,2-4,6-8,10H2,1H3,(H,18,21). The summed E-state index contributed by atoms with van der Waals surface area (Å²) in [6.07, 6.45) is 3.70. The van der Waals surface area contributed by atoms with Crippen molar-refractivity contribution >= 4 is 28.6 Å². The van der Waals surface area contributed by atoms with Gasteiger partial charge in [-0.05, 0) is 37.3 Å². The number of amides is 1. The average molecular weight is 350 g/mol. The molecular formula is C17H23N3OS2. The van der Waals surface area contributed by atoms with Crippen LogP contribution in [0.5, 0.6) is 0 Å². The van der Waals surface area contributed by atoms with Crippen LogP contribution in [0.25, 0.3) is 10.6 Å². The molecule has 4 nitrogen and oxygen atoms in total. The Kier molecular flexibility index (Phi) is 5.80. The van der Waals surface area contributed by atoms with E-state index in [9.17, 15) is 4.79 Å². The number of carbonyl (C=O) groups excluding carboxylic acids is 1. The van der Waals surface area contributed by atoms with Gasteiger partial charge in [0, 0.05) is 35.5 Å². The minimum atomic E-state index is 0.0983. The van der Waals surface area contributed by atoms with Crippen molar-refractivity contribution in [1.82, 2.24) is 15.2 Å². The van der Waals surface area contributed by atoms with Gasteiger partial charge in [0.1, 0.15) is 5.01 Å². The predicted octanol–water partition coefficient (Wildman–Crippen LogP) is 3.40. The molecule has 3 heterocycles. The van der Waals surface area contributed by atoms with Gasteiger partial charge in [-0.2, -0.15) is 11.3 Å². The maximum absolute atomic E-state index is 12.2. The minimum absolute atomic E-state index is 0.0983. The van der Waals surface area contributed by atoms with Crippen LogP contribution in [-0.2, 0) is 11.2 Å². The van der Waals surface area contributed by atoms with E-state index < -0.39 is 0 Å². The van der Waals surface area contributed by atoms with Crippen LogP contribution in [0.2, 0.25) is 0 Å². The summed E-state index contributed by atoms with van der Waals surface area (Å²) in [7, 11) is 0. The van der Waals surface area contributed by atoms with E-state index in [0.29, 0.717) is 12.5 Å². The molecule has 0 unspecified atom stereocenters. The van der Waals surface area contributed by atoms with Gasteiger partial charge in [-0.1, -0.05) is 6.92 Å². The van der Waals surface area contributed by atoms with Crippen molar-refractivity contribution in [2.24, 2.45) is 0 Å². The average Bonchev–Trinajstić information content (AvgIpc) is 3.20. The van der Waals surface area contributed by atoms with E-state index in [1.165, 1.54) is 13.0 Å². The number of thiophene rings is 1. The van der Waals surface area contributed by atoms with Gasteiger partial charge >= 0.3 is 0 Å². The van der Waals surface area contributed by atoms with Gasteiger partial charge in [-0.3, -0.25) is 4.79 Å². The fourth-order valence-electron chi connectivity index (χ4n) is 2.97. The summed E-state index contributed by atoms with van der Waals surface area (Å²) < 4.78 is 0. The van der Waals surface area contributed by atoms with Gasteiger partial charge in [0.05, 0.1) is 12.1 Å². The summed E-state index contributed by atoms with van der Waals surface area (Å²) >= 11 is 3.28. The molecule has 3 rings (SSSR count). The van der Waals surface area contributed by atoms with Crippen molar-refractivity contribution in [1.29, 1.82) is 0 Å². The molecule has 0 aliphatic carbocycles. The second-order valence-corrected chi connectivity index (χ2v) is 7.65. The summed E-state index contributed by atoms with van der Waals surface area (Å²) in [5.74, 6) is 0.0983. The minimum Gasteiger partial charge on any atom is -0.353 e. The first-order valence-electron chi connectivity index (χ1n) is 8.23. The highest BCUT2D eigenvalue weighted by atomic mass is 32.1. The van der Waals surface area contributed by atoms with Crippen LogP contribution in [0.4, 0.5) is 0 Å². The lowest BCUT2D eigenvalue weighted by molar-refractivity contribution is -0.121. The number of piperidine rings is 1. The van der Waals surface area contributed by atoms with Crippen LogP contribution in [-0.4, -0.2) is 41.5 Å². The van der Waals surface area contributed by atoms with Crippen molar-refractivity contribution in [3.05, 3.63) is 27.9 Å². The molecule has 124 valence electrons. The third kappa shape index (κ3) is 4.62. The zero-order chi connectivity index (χ0) is 16.1. The van der Waals surface area contributed by atoms with Crippen molar-refractivity contribution in [2.45, 2.75) is 38.6 Å². The molecule has 0 atom stereocenters. The molecule has 2 aromatic rings. The quantitative estimate of drug-likeness (QED) is 0.869. The Morgan fingerprint density at radius 3 is 2.91 bits per heavy atom. The van der Waals surface area contributed by atoms with Gasteiger partial charge in [-0.25, -0.2) is 4.98 Å². The molecule has 2 aromatic heterocycles. The van der Waals surface area contributed by atoms with Crippen molar-refractivity contribution in [3.8, 4) is 10.6 Å². The van der Waals surface area contributed by atoms with Crippen molar-refractivity contribution in [3.63, 3.8) is 0 Å². The summed E-state index contributed by atoms with van der Waals surface area (Å²) in [5.41, 5.74) is 2.02. The molecule has 6 heteroatoms. The second kappa shape index (κ2) is 8.04. The van der Waals surface area contributed by atoms with E-state index in [2.05, 4.69) is 33.6 Å². The molecule has 1 amide bonds. The normalized spacial score (nSPS) is 16.6. The van der Waals surface area contributed by atoms with Gasteiger partial charge < -0.3 is 10.2 Å². The number of aromatic nitrogens is 1. The lowest BCUT2D eigenvalue weighted by atomic mass is 10.0. The monoisotopic (exact) mass is 349 g/mol. The Hall–Kier alpha value is -1.24. The van der Waals surface area contributed by atoms with E-state index in [0.717, 1.165) is 42.2 Å². The molecule has 0 bridgehead atoms. The maximum atomic E-state index is 12.2. The fraction of sp³-hybridized carbons (Fsp3) is 0.529. The number of nitrogens with zero attached hydrogens (tertiary/aromatic N) is 2. The Balaban J connectivity index is 1.47. The van der Waals surface area contributed by atoms with E-state index in [1.807, 2.05) is 10.8 Å². The number of likely N-dealkylation sites (tertiary alicyclic amines) is 1. The lowest BCUT2D eigenvalue weighted by Gasteiger charge is -2.32. The first kappa shape index (κ1) is 16.6. The summed E-state index contributed by atoms with van der Waals surface area (Å²) in [6, 6.07) is 2.39. The van der Waals surface area contributed by atoms with Gasteiger partial charge in [0.15, 0.2) is 0 Å². The molecule has 1 N–H and O–H groups in total. The molecule has 1 saturated heterocycles. The third-order valence-corrected chi connectivity index (χ3v) is 5.78. The molecule has 1 aliphatic rings. The predicted molar refractivity (Wildman–Crippen MR) is 97.0 cm³/mol. The number of thiazole rings is 1. The van der Waals surface area contributed by atoms with Gasteiger partial charge in [0.2, 0.25) is 5.91 Å². The van der Waals surface area contributed by atoms with Crippen LogP contribution in [0.15, 0.2) is 22.2 Å². The SMILES string of the molecule is CCCN1CCC(NC(=O)Cc2csc(-c3ccsc3)n2)CC1. The van der Waals surface area contributed by atoms with Crippen LogP contribution < -0.4 is 5.32 Å². The molecule has 1 fully saturated rings. The first-order valence-corrected chi connectivity index (χ1v) is 10.1. The fourth-order valence-corrected chi connectivity index (χ4v) is 4.50. The molecular weight excluding hydrogens is 326 g/mol. The zero-order valence-corrected chi connectivity index (χ0v) is 15.1. The molecule has 0 spiro atoms. The molecule has 23 heavy (non-hydrogen) atoms. The second-order valence-electron chi connectivity index (χ2n) is 6.02. The number of rotatable bonds is 6. The largest absolute Gasteiger partial charge is 0.353 e. The Morgan fingerprint density at radius 1 is 1.39 bits per heavy atom. The van der Waals surface area contributed by atoms with Gasteiger partial charge in [-0.15, -0.1) is 11.3 Å². The third-order valence-electron chi connectivity index (χ3n) is 4.15. The summed E-state index contributed by atoms with van der Waals surface area (Å²) in [5, 5.41) is 10.3. The highest BCUT2D eigenvalue weighted by Gasteiger charge is 2.20. The highest BCUT2D eigenvalue weighted by molar-refractivity contribution is 7.14. The molecule has 1 aliphatic heterocycles. The summed E-state index contributed by atoms with van der Waals surface area (Å²) in [4.78, 5) is 19.3. The van der Waals surface area contributed by atoms with Crippen LogP contribution >= 0.6 is 22.7 Å². The number of nitrogens with one attached hydrogen (secondary N) is 1. The van der Waals surface area contributed by atoms with Crippen LogP contribution in [0.1, 0.15) is 31.9 Å². The zero-order valence-electron chi connectivity index (χ0n) is 13.5. The number of carbonyl (C=O) groups is 1. The smallest absolute Gasteiger partial charge is 0.226 e. The number of hydrogen-bond acceptors (Lipinski definition) is 5. The van der Waals surface area contributed by atoms with Gasteiger partial charge in [0.25, 0.3) is 0 Å². The van der Waals surface area contributed by atoms with Crippen molar-refractivity contribution < 1.29 is 4.79 Å². The van der Waals surface area contributed by atoms with E-state index >= 15 is 0 Å². The topological polar surface area (TPSA) is 45.2 Å². The number of hydrogen-bond donors (Lipinski definition) is 1. The van der Waals surface area contributed by atoms with Crippen LogP contribution in [0, 0.1) is 0 Å². The summed E-state index contributed by atoms with van der Waals surface area (Å²) in [6.45, 7) is 5.58. The molecule has 0 radical (unpaired) electrons. The van der Waals surface area contributed by atoms with Crippen LogP contribution in [0.3, 0.4) is 0 Å². The first-order chi connectivity index (χ1) is 11.2. The lowest BCUT2D eigenvalue weighted by Crippen LogP contribution is -2.45. The Morgan fingerprint density at radius 2 is 2.22 bits per heavy atom. The Labute approximate surface area is 145 Å². The highest BCUT2D eigenvalue weighted by Crippen LogP contribution is 2.25. The molecule has 0 saturated carbocycles. The van der Waals surface area contributed by atoms with Crippen molar-refractivity contribution in [2.75, 3.05) is 19.6 Å². The van der Waals surface area contributed by atoms with E-state index in [-0.39, 0.29) is 5.91 Å². The van der Waals surface area contributed by atoms with E-state index in [1.54, 1.807) is 22.7 Å².